The summed E-state index contributed by atoms with van der Waals surface area (Å²) in [6.45, 7) is 3.52. The molecule has 2 rings (SSSR count). The third kappa shape index (κ3) is 1.88. The highest BCUT2D eigenvalue weighted by Crippen LogP contribution is 2.34. The monoisotopic (exact) mass is 205 g/mol. The van der Waals surface area contributed by atoms with Gasteiger partial charge in [-0.2, -0.15) is 0 Å². The minimum absolute atomic E-state index is 0.140. The number of methoxy groups -OCH3 is 1. The Labute approximate surface area is 89.7 Å². The third-order valence-electron chi connectivity index (χ3n) is 2.93. The topological polar surface area (TPSA) is 29.3 Å². The summed E-state index contributed by atoms with van der Waals surface area (Å²) in [5, 5.41) is 0. The summed E-state index contributed by atoms with van der Waals surface area (Å²) in [5.41, 5.74) is 0.829. The van der Waals surface area contributed by atoms with Gasteiger partial charge in [0, 0.05) is 13.1 Å². The van der Waals surface area contributed by atoms with Gasteiger partial charge in [-0.15, -0.1) is 0 Å². The average Bonchev–Trinajstić information content (AvgIpc) is 2.91. The molecule has 80 valence electrons. The molecular formula is C12H15NO2. The summed E-state index contributed by atoms with van der Waals surface area (Å²) >= 11 is 0. The Balaban J connectivity index is 1.98. The molecule has 3 nitrogen and oxygen atoms in total. The SMILES string of the molecule is COC(=O)C1(C)CN1Cc1ccccc1. The third-order valence-corrected chi connectivity index (χ3v) is 2.93. The maximum Gasteiger partial charge on any atom is 0.327 e. The molecule has 1 aromatic carbocycles. The number of esters is 1. The lowest BCUT2D eigenvalue weighted by Gasteiger charge is -2.09. The van der Waals surface area contributed by atoms with E-state index in [4.69, 9.17) is 4.74 Å². The normalized spacial score (nSPS) is 28.5. The predicted octanol–water partition coefficient (Wildman–Crippen LogP) is 1.43. The molecule has 2 atom stereocenters. The molecule has 0 bridgehead atoms. The lowest BCUT2D eigenvalue weighted by molar-refractivity contribution is -0.144. The van der Waals surface area contributed by atoms with Crippen molar-refractivity contribution in [3.8, 4) is 0 Å². The summed E-state index contributed by atoms with van der Waals surface area (Å²) in [4.78, 5) is 13.5. The Kier molecular flexibility index (Phi) is 2.49. The van der Waals surface area contributed by atoms with Crippen LogP contribution in [0.25, 0.3) is 0 Å². The highest BCUT2D eigenvalue weighted by molar-refractivity contribution is 5.84. The van der Waals surface area contributed by atoms with Crippen LogP contribution >= 0.6 is 0 Å². The van der Waals surface area contributed by atoms with Crippen molar-refractivity contribution < 1.29 is 9.53 Å². The Morgan fingerprint density at radius 3 is 2.73 bits per heavy atom. The van der Waals surface area contributed by atoms with Gasteiger partial charge in [-0.05, 0) is 12.5 Å². The average molecular weight is 205 g/mol. The molecular weight excluding hydrogens is 190 g/mol. The zero-order chi connectivity index (χ0) is 10.9. The second-order valence-electron chi connectivity index (χ2n) is 4.11. The first-order valence-electron chi connectivity index (χ1n) is 5.04. The molecule has 3 heteroatoms. The maximum atomic E-state index is 11.4. The summed E-state index contributed by atoms with van der Waals surface area (Å²) in [7, 11) is 1.44. The first kappa shape index (κ1) is 10.2. The summed E-state index contributed by atoms with van der Waals surface area (Å²) in [5.74, 6) is -0.140. The molecule has 1 fully saturated rings. The molecule has 0 radical (unpaired) electrons. The van der Waals surface area contributed by atoms with E-state index in [9.17, 15) is 4.79 Å². The number of hydrogen-bond acceptors (Lipinski definition) is 3. The van der Waals surface area contributed by atoms with Gasteiger partial charge in [-0.25, -0.2) is 0 Å². The van der Waals surface area contributed by atoms with Crippen molar-refractivity contribution in [2.45, 2.75) is 19.0 Å². The van der Waals surface area contributed by atoms with Gasteiger partial charge in [-0.3, -0.25) is 9.69 Å². The molecule has 2 unspecified atom stereocenters. The van der Waals surface area contributed by atoms with Crippen LogP contribution in [-0.4, -0.2) is 30.1 Å². The minimum Gasteiger partial charge on any atom is -0.468 e. The Morgan fingerprint density at radius 2 is 2.13 bits per heavy atom. The predicted molar refractivity (Wildman–Crippen MR) is 57.3 cm³/mol. The fourth-order valence-corrected chi connectivity index (χ4v) is 1.78. The number of carbonyl (C=O) groups is 1. The molecule has 1 aromatic rings. The lowest BCUT2D eigenvalue weighted by Crippen LogP contribution is -2.27. The van der Waals surface area contributed by atoms with Crippen molar-refractivity contribution in [1.29, 1.82) is 0 Å². The van der Waals surface area contributed by atoms with Gasteiger partial charge >= 0.3 is 5.97 Å². The van der Waals surface area contributed by atoms with E-state index in [0.29, 0.717) is 0 Å². The van der Waals surface area contributed by atoms with E-state index < -0.39 is 5.54 Å². The van der Waals surface area contributed by atoms with Gasteiger partial charge in [-0.1, -0.05) is 30.3 Å². The first-order valence-corrected chi connectivity index (χ1v) is 5.04. The zero-order valence-electron chi connectivity index (χ0n) is 9.06. The van der Waals surface area contributed by atoms with E-state index in [2.05, 4.69) is 17.0 Å². The van der Waals surface area contributed by atoms with Gasteiger partial charge < -0.3 is 4.74 Å². The highest BCUT2D eigenvalue weighted by atomic mass is 16.5. The van der Waals surface area contributed by atoms with E-state index in [1.54, 1.807) is 0 Å². The molecule has 0 spiro atoms. The van der Waals surface area contributed by atoms with Crippen LogP contribution in [-0.2, 0) is 16.1 Å². The molecule has 1 heterocycles. The first-order chi connectivity index (χ1) is 7.16. The van der Waals surface area contributed by atoms with Crippen LogP contribution < -0.4 is 0 Å². The molecule has 0 N–H and O–H groups in total. The van der Waals surface area contributed by atoms with Crippen molar-refractivity contribution in [1.82, 2.24) is 4.90 Å². The fourth-order valence-electron chi connectivity index (χ4n) is 1.78. The second-order valence-corrected chi connectivity index (χ2v) is 4.11. The van der Waals surface area contributed by atoms with Crippen LogP contribution in [0.2, 0.25) is 0 Å². The Hall–Kier alpha value is -1.35. The van der Waals surface area contributed by atoms with Crippen molar-refractivity contribution in [2.75, 3.05) is 13.7 Å². The molecule has 1 aliphatic heterocycles. The number of hydrogen-bond donors (Lipinski definition) is 0. The van der Waals surface area contributed by atoms with Gasteiger partial charge in [0.25, 0.3) is 0 Å². The largest absolute Gasteiger partial charge is 0.468 e. The van der Waals surface area contributed by atoms with Crippen molar-refractivity contribution in [2.24, 2.45) is 0 Å². The maximum absolute atomic E-state index is 11.4. The Bertz CT molecular complexity index is 363. The lowest BCUT2D eigenvalue weighted by atomic mass is 10.2. The quantitative estimate of drug-likeness (QED) is 0.552. The molecule has 15 heavy (non-hydrogen) atoms. The van der Waals surface area contributed by atoms with Crippen LogP contribution in [0.4, 0.5) is 0 Å². The summed E-state index contributed by atoms with van der Waals surface area (Å²) in [6.07, 6.45) is 0. The molecule has 0 aliphatic carbocycles. The van der Waals surface area contributed by atoms with Crippen LogP contribution in [0.5, 0.6) is 0 Å². The number of nitrogens with zero attached hydrogens (tertiary/aromatic N) is 1. The Morgan fingerprint density at radius 1 is 1.47 bits per heavy atom. The van der Waals surface area contributed by atoms with Crippen LogP contribution in [0, 0.1) is 0 Å². The number of benzene rings is 1. The van der Waals surface area contributed by atoms with E-state index in [-0.39, 0.29) is 5.97 Å². The second kappa shape index (κ2) is 3.66. The van der Waals surface area contributed by atoms with Crippen molar-refractivity contribution in [3.05, 3.63) is 35.9 Å². The van der Waals surface area contributed by atoms with E-state index in [1.807, 2.05) is 25.1 Å². The molecule has 1 saturated heterocycles. The minimum atomic E-state index is -0.398. The van der Waals surface area contributed by atoms with Gasteiger partial charge in [0.2, 0.25) is 0 Å². The van der Waals surface area contributed by atoms with Crippen molar-refractivity contribution >= 4 is 5.97 Å². The number of ether oxygens (including phenoxy) is 1. The van der Waals surface area contributed by atoms with Crippen molar-refractivity contribution in [3.63, 3.8) is 0 Å². The van der Waals surface area contributed by atoms with E-state index in [1.165, 1.54) is 12.7 Å². The van der Waals surface area contributed by atoms with Gasteiger partial charge in [0.1, 0.15) is 5.54 Å². The zero-order valence-corrected chi connectivity index (χ0v) is 9.06. The molecule has 0 aromatic heterocycles. The van der Waals surface area contributed by atoms with Gasteiger partial charge in [0.15, 0.2) is 0 Å². The van der Waals surface area contributed by atoms with E-state index in [0.717, 1.165) is 13.1 Å². The van der Waals surface area contributed by atoms with Crippen LogP contribution in [0.1, 0.15) is 12.5 Å². The molecule has 0 saturated carbocycles. The molecule has 0 amide bonds. The standard InChI is InChI=1S/C12H15NO2/c1-12(11(14)15-2)9-13(12)8-10-6-4-3-5-7-10/h3-7H,8-9H2,1-2H3. The highest BCUT2D eigenvalue weighted by Gasteiger charge is 2.54. The number of carbonyl (C=O) groups excluding carboxylic acids is 1. The smallest absolute Gasteiger partial charge is 0.327 e. The summed E-state index contributed by atoms with van der Waals surface area (Å²) < 4.78 is 4.76. The fraction of sp³-hybridized carbons (Fsp3) is 0.417. The van der Waals surface area contributed by atoms with Crippen LogP contribution in [0.15, 0.2) is 30.3 Å². The molecule has 1 aliphatic rings. The van der Waals surface area contributed by atoms with Crippen LogP contribution in [0.3, 0.4) is 0 Å². The number of rotatable bonds is 3. The summed E-state index contributed by atoms with van der Waals surface area (Å²) in [6, 6.07) is 10.1. The van der Waals surface area contributed by atoms with E-state index >= 15 is 0 Å². The van der Waals surface area contributed by atoms with Gasteiger partial charge in [0.05, 0.1) is 7.11 Å².